The summed E-state index contributed by atoms with van der Waals surface area (Å²) in [6, 6.07) is 32.6. The first-order valence-corrected chi connectivity index (χ1v) is 13.3. The number of ketones is 1. The van der Waals surface area contributed by atoms with E-state index in [0.29, 0.717) is 0 Å². The van der Waals surface area contributed by atoms with Crippen LogP contribution in [0.1, 0.15) is 52.0 Å². The lowest BCUT2D eigenvalue weighted by Gasteiger charge is -2.35. The van der Waals surface area contributed by atoms with Crippen molar-refractivity contribution in [2.75, 3.05) is 0 Å². The number of carbonyl (C=O) groups excluding carboxylic acids is 1. The first-order valence-electron chi connectivity index (χ1n) is 13.3. The van der Waals surface area contributed by atoms with E-state index in [9.17, 15) is 4.79 Å². The monoisotopic (exact) mass is 489 g/mol. The smallest absolute Gasteiger partial charge is 0.194 e. The summed E-state index contributed by atoms with van der Waals surface area (Å²) in [6.45, 7) is 9.07. The maximum Gasteiger partial charge on any atom is 0.194 e. The Morgan fingerprint density at radius 3 is 2.16 bits per heavy atom. The Morgan fingerprint density at radius 2 is 1.32 bits per heavy atom. The molecule has 8 rings (SSSR count). The van der Waals surface area contributed by atoms with E-state index in [4.69, 9.17) is 0 Å². The fourth-order valence-corrected chi connectivity index (χ4v) is 6.90. The Bertz CT molecular complexity index is 2040. The molecular formula is C36H27NO. The summed E-state index contributed by atoms with van der Waals surface area (Å²) in [6.07, 6.45) is 0. The second-order valence-corrected chi connectivity index (χ2v) is 11.6. The topological polar surface area (TPSA) is 22.0 Å². The molecule has 2 nitrogen and oxygen atoms in total. The van der Waals surface area contributed by atoms with Crippen molar-refractivity contribution in [3.8, 4) is 27.9 Å². The summed E-state index contributed by atoms with van der Waals surface area (Å²) in [5, 5.41) is 2.65. The fourth-order valence-electron chi connectivity index (χ4n) is 6.90. The molecule has 0 saturated heterocycles. The van der Waals surface area contributed by atoms with Crippen molar-refractivity contribution < 1.29 is 4.79 Å². The van der Waals surface area contributed by atoms with Crippen molar-refractivity contribution in [3.63, 3.8) is 0 Å². The molecule has 2 heteroatoms. The van der Waals surface area contributed by atoms with Crippen LogP contribution in [-0.4, -0.2) is 10.4 Å². The number of hydrogen-bond acceptors (Lipinski definition) is 1. The van der Waals surface area contributed by atoms with Crippen molar-refractivity contribution in [1.82, 2.24) is 4.57 Å². The molecule has 0 N–H and O–H groups in total. The van der Waals surface area contributed by atoms with E-state index in [0.717, 1.165) is 33.4 Å². The van der Waals surface area contributed by atoms with E-state index >= 15 is 0 Å². The van der Waals surface area contributed by atoms with Gasteiger partial charge in [-0.2, -0.15) is 0 Å². The van der Waals surface area contributed by atoms with Crippen molar-refractivity contribution >= 4 is 27.6 Å². The number of benzene rings is 5. The van der Waals surface area contributed by atoms with Crippen LogP contribution in [0.25, 0.3) is 49.7 Å². The minimum atomic E-state index is -0.169. The molecule has 5 aromatic carbocycles. The number of nitrogens with zero attached hydrogens (tertiary/aromatic N) is 1. The number of carbonyl (C=O) groups is 1. The number of fused-ring (bicyclic) bond motifs is 8. The van der Waals surface area contributed by atoms with Gasteiger partial charge in [0.25, 0.3) is 0 Å². The van der Waals surface area contributed by atoms with Crippen LogP contribution in [0.4, 0.5) is 0 Å². The lowest BCUT2D eigenvalue weighted by atomic mass is 9.73. The SMILES string of the molecule is Cc1ccc2c(c1)c1cc(C)cc3c1n2-c1ccc(-c2ccc4c(c2)C(=O)c2ccccc2-4)cc1C3(C)C. The van der Waals surface area contributed by atoms with Crippen LogP contribution < -0.4 is 0 Å². The Morgan fingerprint density at radius 1 is 0.605 bits per heavy atom. The quantitative estimate of drug-likeness (QED) is 0.226. The average molecular weight is 490 g/mol. The van der Waals surface area contributed by atoms with E-state index in [2.05, 4.69) is 99.0 Å². The third kappa shape index (κ3) is 2.65. The van der Waals surface area contributed by atoms with E-state index in [-0.39, 0.29) is 11.2 Å². The van der Waals surface area contributed by atoms with Gasteiger partial charge in [0.15, 0.2) is 5.78 Å². The van der Waals surface area contributed by atoms with E-state index in [1.165, 1.54) is 49.7 Å². The van der Waals surface area contributed by atoms with Gasteiger partial charge in [0.2, 0.25) is 0 Å². The van der Waals surface area contributed by atoms with Gasteiger partial charge in [0.05, 0.1) is 16.7 Å². The molecule has 0 atom stereocenters. The fraction of sp³-hybridized carbons (Fsp3) is 0.139. The third-order valence-corrected chi connectivity index (χ3v) is 8.80. The van der Waals surface area contributed by atoms with Gasteiger partial charge in [-0.3, -0.25) is 4.79 Å². The van der Waals surface area contributed by atoms with Gasteiger partial charge in [0.1, 0.15) is 0 Å². The summed E-state index contributed by atoms with van der Waals surface area (Å²) in [4.78, 5) is 13.2. The Balaban J connectivity index is 1.37. The molecular weight excluding hydrogens is 462 g/mol. The van der Waals surface area contributed by atoms with Crippen LogP contribution in [-0.2, 0) is 5.41 Å². The molecule has 2 aliphatic rings. The van der Waals surface area contributed by atoms with Crippen LogP contribution in [0.15, 0.2) is 91.0 Å². The maximum atomic E-state index is 13.2. The zero-order chi connectivity index (χ0) is 25.9. The molecule has 0 fully saturated rings. The number of hydrogen-bond donors (Lipinski definition) is 0. The summed E-state index contributed by atoms with van der Waals surface area (Å²) in [5.74, 6) is 0.122. The van der Waals surface area contributed by atoms with Crippen molar-refractivity contribution in [1.29, 1.82) is 0 Å². The molecule has 182 valence electrons. The highest BCUT2D eigenvalue weighted by atomic mass is 16.1. The number of aryl methyl sites for hydroxylation is 2. The summed E-state index contributed by atoms with van der Waals surface area (Å²) in [7, 11) is 0. The Labute approximate surface area is 222 Å². The highest BCUT2D eigenvalue weighted by molar-refractivity contribution is 6.22. The molecule has 0 unspecified atom stereocenters. The molecule has 2 heterocycles. The summed E-state index contributed by atoms with van der Waals surface area (Å²) in [5.41, 5.74) is 14.8. The van der Waals surface area contributed by atoms with Gasteiger partial charge in [0, 0.05) is 27.3 Å². The Hall–Kier alpha value is -4.43. The van der Waals surface area contributed by atoms with Crippen molar-refractivity contribution in [2.45, 2.75) is 33.1 Å². The molecule has 1 aliphatic heterocycles. The second kappa shape index (κ2) is 7.11. The first kappa shape index (κ1) is 21.6. The minimum absolute atomic E-state index is 0.122. The van der Waals surface area contributed by atoms with Crippen LogP contribution in [0.5, 0.6) is 0 Å². The van der Waals surface area contributed by atoms with Gasteiger partial charge < -0.3 is 4.57 Å². The third-order valence-electron chi connectivity index (χ3n) is 8.80. The van der Waals surface area contributed by atoms with Gasteiger partial charge in [-0.15, -0.1) is 0 Å². The molecule has 0 radical (unpaired) electrons. The molecule has 38 heavy (non-hydrogen) atoms. The normalized spacial score (nSPS) is 14.6. The van der Waals surface area contributed by atoms with E-state index in [1.807, 2.05) is 24.3 Å². The second-order valence-electron chi connectivity index (χ2n) is 11.6. The van der Waals surface area contributed by atoms with Crippen LogP contribution >= 0.6 is 0 Å². The maximum absolute atomic E-state index is 13.2. The summed E-state index contributed by atoms with van der Waals surface area (Å²) < 4.78 is 2.46. The van der Waals surface area contributed by atoms with Crippen molar-refractivity contribution in [3.05, 3.63) is 124 Å². The number of aromatic nitrogens is 1. The number of rotatable bonds is 1. The standard InChI is InChI=1S/C36H27NO/c1-20-9-13-32-27(15-20)28-16-21(2)17-31-34(28)37(32)33-14-11-23(19-30(33)36(31,3)4)22-10-12-25-24-7-5-6-8-26(24)35(38)29(25)18-22/h5-19H,1-4H3. The highest BCUT2D eigenvalue weighted by Gasteiger charge is 2.36. The first-order chi connectivity index (χ1) is 18.3. The predicted octanol–water partition coefficient (Wildman–Crippen LogP) is 8.92. The zero-order valence-corrected chi connectivity index (χ0v) is 22.0. The lowest BCUT2D eigenvalue weighted by molar-refractivity contribution is 0.104. The predicted molar refractivity (Wildman–Crippen MR) is 157 cm³/mol. The van der Waals surface area contributed by atoms with Gasteiger partial charge in [-0.05, 0) is 83.6 Å². The molecule has 1 aromatic heterocycles. The molecule has 0 spiro atoms. The van der Waals surface area contributed by atoms with Gasteiger partial charge in [-0.25, -0.2) is 0 Å². The van der Waals surface area contributed by atoms with Crippen LogP contribution in [0.2, 0.25) is 0 Å². The summed E-state index contributed by atoms with van der Waals surface area (Å²) >= 11 is 0. The molecule has 1 aliphatic carbocycles. The van der Waals surface area contributed by atoms with Gasteiger partial charge >= 0.3 is 0 Å². The minimum Gasteiger partial charge on any atom is -0.309 e. The molecule has 0 bridgehead atoms. The van der Waals surface area contributed by atoms with Crippen LogP contribution in [0.3, 0.4) is 0 Å². The van der Waals surface area contributed by atoms with E-state index in [1.54, 1.807) is 0 Å². The molecule has 6 aromatic rings. The molecule has 0 saturated carbocycles. The van der Waals surface area contributed by atoms with Crippen LogP contribution in [0, 0.1) is 13.8 Å². The van der Waals surface area contributed by atoms with E-state index < -0.39 is 0 Å². The highest BCUT2D eigenvalue weighted by Crippen LogP contribution is 2.49. The molecule has 0 amide bonds. The van der Waals surface area contributed by atoms with Gasteiger partial charge in [-0.1, -0.05) is 79.6 Å². The van der Waals surface area contributed by atoms with Crippen molar-refractivity contribution in [2.24, 2.45) is 0 Å². The lowest BCUT2D eigenvalue weighted by Crippen LogP contribution is -2.26. The zero-order valence-electron chi connectivity index (χ0n) is 22.0. The average Bonchev–Trinajstić information content (AvgIpc) is 3.39. The Kier molecular flexibility index (Phi) is 4.05. The largest absolute Gasteiger partial charge is 0.309 e.